The fraction of sp³-hybridized carbons (Fsp3) is 0.733. The first-order chi connectivity index (χ1) is 9.05. The molecule has 19 heavy (non-hydrogen) atoms. The van der Waals surface area contributed by atoms with Gasteiger partial charge in [-0.15, -0.1) is 11.3 Å². The molecule has 0 radical (unpaired) electrons. The van der Waals surface area contributed by atoms with Crippen molar-refractivity contribution >= 4 is 17.3 Å². The number of carbonyl (C=O) groups is 1. The zero-order valence-electron chi connectivity index (χ0n) is 12.1. The van der Waals surface area contributed by atoms with Crippen LogP contribution in [0.25, 0.3) is 0 Å². The minimum atomic E-state index is -0.639. The van der Waals surface area contributed by atoms with Gasteiger partial charge in [0, 0.05) is 11.3 Å². The summed E-state index contributed by atoms with van der Waals surface area (Å²) >= 11 is 1.70. The summed E-state index contributed by atoms with van der Waals surface area (Å²) in [4.78, 5) is 16.7. The van der Waals surface area contributed by atoms with Crippen LogP contribution in [0.2, 0.25) is 0 Å². The smallest absolute Gasteiger partial charge is 0.317 e. The Balaban J connectivity index is 2.13. The number of aromatic nitrogens is 1. The monoisotopic (exact) mass is 281 g/mol. The lowest BCUT2D eigenvalue weighted by atomic mass is 9.88. The standard InChI is InChI=1S/C15H23NO2S/c1-4-18-14(17)15(2,3)12-10-19-13(16-12)11-8-6-5-7-9-11/h10-11H,4-9H2,1-3H3. The molecule has 0 aliphatic heterocycles. The largest absolute Gasteiger partial charge is 0.465 e. The summed E-state index contributed by atoms with van der Waals surface area (Å²) in [5.74, 6) is 0.418. The Kier molecular flexibility index (Phi) is 4.61. The minimum absolute atomic E-state index is 0.185. The van der Waals surface area contributed by atoms with Crippen LogP contribution in [-0.4, -0.2) is 17.6 Å². The van der Waals surface area contributed by atoms with Crippen LogP contribution in [0.1, 0.15) is 69.5 Å². The van der Waals surface area contributed by atoms with E-state index in [1.807, 2.05) is 26.2 Å². The Morgan fingerprint density at radius 3 is 2.74 bits per heavy atom. The van der Waals surface area contributed by atoms with E-state index < -0.39 is 5.41 Å². The number of rotatable bonds is 4. The van der Waals surface area contributed by atoms with Crippen molar-refractivity contribution in [2.75, 3.05) is 6.61 Å². The average molecular weight is 281 g/mol. The lowest BCUT2D eigenvalue weighted by Crippen LogP contribution is -2.31. The molecule has 0 amide bonds. The van der Waals surface area contributed by atoms with Gasteiger partial charge >= 0.3 is 5.97 Å². The van der Waals surface area contributed by atoms with E-state index in [4.69, 9.17) is 9.72 Å². The summed E-state index contributed by atoms with van der Waals surface area (Å²) in [5.41, 5.74) is 0.218. The van der Waals surface area contributed by atoms with Gasteiger partial charge < -0.3 is 4.74 Å². The number of hydrogen-bond acceptors (Lipinski definition) is 4. The molecule has 4 heteroatoms. The predicted octanol–water partition coefficient (Wildman–Crippen LogP) is 4.03. The van der Waals surface area contributed by atoms with E-state index in [0.717, 1.165) is 5.69 Å². The van der Waals surface area contributed by atoms with E-state index in [-0.39, 0.29) is 5.97 Å². The van der Waals surface area contributed by atoms with Gasteiger partial charge in [0.1, 0.15) is 5.41 Å². The molecule has 0 unspecified atom stereocenters. The molecule has 1 aromatic heterocycles. The molecule has 0 saturated heterocycles. The molecule has 0 aromatic carbocycles. The van der Waals surface area contributed by atoms with Crippen molar-refractivity contribution in [1.82, 2.24) is 4.98 Å². The fourth-order valence-electron chi connectivity index (χ4n) is 2.53. The maximum absolute atomic E-state index is 12.0. The van der Waals surface area contributed by atoms with E-state index in [1.54, 1.807) is 11.3 Å². The first kappa shape index (κ1) is 14.5. The highest BCUT2D eigenvalue weighted by Gasteiger charge is 2.34. The molecule has 0 N–H and O–H groups in total. The molecule has 2 rings (SSSR count). The average Bonchev–Trinajstić information content (AvgIpc) is 2.90. The third-order valence-electron chi connectivity index (χ3n) is 3.90. The van der Waals surface area contributed by atoms with Crippen molar-refractivity contribution in [2.24, 2.45) is 0 Å². The summed E-state index contributed by atoms with van der Waals surface area (Å²) in [6.45, 7) is 6.04. The molecule has 1 saturated carbocycles. The van der Waals surface area contributed by atoms with Gasteiger partial charge in [0.25, 0.3) is 0 Å². The Morgan fingerprint density at radius 2 is 2.11 bits per heavy atom. The van der Waals surface area contributed by atoms with Crippen molar-refractivity contribution < 1.29 is 9.53 Å². The van der Waals surface area contributed by atoms with Gasteiger partial charge in [0.05, 0.1) is 17.3 Å². The van der Waals surface area contributed by atoms with Crippen molar-refractivity contribution in [3.8, 4) is 0 Å². The van der Waals surface area contributed by atoms with Crippen molar-refractivity contribution in [1.29, 1.82) is 0 Å². The molecule has 1 aliphatic rings. The molecule has 3 nitrogen and oxygen atoms in total. The number of carbonyl (C=O) groups excluding carboxylic acids is 1. The molecular formula is C15H23NO2S. The Hall–Kier alpha value is -0.900. The second kappa shape index (κ2) is 6.04. The van der Waals surface area contributed by atoms with Crippen LogP contribution in [0.3, 0.4) is 0 Å². The number of thiazole rings is 1. The van der Waals surface area contributed by atoms with Crippen LogP contribution in [0, 0.1) is 0 Å². The van der Waals surface area contributed by atoms with E-state index in [2.05, 4.69) is 0 Å². The van der Waals surface area contributed by atoms with Crippen LogP contribution >= 0.6 is 11.3 Å². The van der Waals surface area contributed by atoms with Crippen LogP contribution in [0.5, 0.6) is 0 Å². The highest BCUT2D eigenvalue weighted by Crippen LogP contribution is 2.36. The van der Waals surface area contributed by atoms with Gasteiger partial charge in [-0.2, -0.15) is 0 Å². The first-order valence-corrected chi connectivity index (χ1v) is 8.06. The molecule has 0 bridgehead atoms. The Bertz CT molecular complexity index is 433. The Morgan fingerprint density at radius 1 is 1.42 bits per heavy atom. The van der Waals surface area contributed by atoms with Gasteiger partial charge in [-0.3, -0.25) is 4.79 Å². The van der Waals surface area contributed by atoms with E-state index in [0.29, 0.717) is 12.5 Å². The number of ether oxygens (including phenoxy) is 1. The second-order valence-corrected chi connectivity index (χ2v) is 6.64. The Labute approximate surface area is 119 Å². The van der Waals surface area contributed by atoms with Crippen molar-refractivity contribution in [3.05, 3.63) is 16.1 Å². The quantitative estimate of drug-likeness (QED) is 0.782. The van der Waals surface area contributed by atoms with Gasteiger partial charge in [0.2, 0.25) is 0 Å². The summed E-state index contributed by atoms with van der Waals surface area (Å²) in [6.07, 6.45) is 6.45. The molecule has 1 fully saturated rings. The predicted molar refractivity (Wildman–Crippen MR) is 77.6 cm³/mol. The zero-order chi connectivity index (χ0) is 13.9. The van der Waals surface area contributed by atoms with Crippen molar-refractivity contribution in [2.45, 2.75) is 64.2 Å². The fourth-order valence-corrected chi connectivity index (χ4v) is 3.69. The van der Waals surface area contributed by atoms with Crippen LogP contribution in [0.15, 0.2) is 5.38 Å². The second-order valence-electron chi connectivity index (χ2n) is 5.75. The van der Waals surface area contributed by atoms with Gasteiger partial charge in [-0.1, -0.05) is 19.3 Å². The first-order valence-electron chi connectivity index (χ1n) is 7.18. The SMILES string of the molecule is CCOC(=O)C(C)(C)c1csc(C2CCCCC2)n1. The molecule has 0 atom stereocenters. The third kappa shape index (κ3) is 3.16. The summed E-state index contributed by atoms with van der Waals surface area (Å²) in [6, 6.07) is 0. The molecule has 106 valence electrons. The molecule has 1 aliphatic carbocycles. The number of nitrogens with zero attached hydrogens (tertiary/aromatic N) is 1. The topological polar surface area (TPSA) is 39.2 Å². The third-order valence-corrected chi connectivity index (χ3v) is 4.91. The van der Waals surface area contributed by atoms with Crippen LogP contribution in [-0.2, 0) is 14.9 Å². The van der Waals surface area contributed by atoms with Crippen molar-refractivity contribution in [3.63, 3.8) is 0 Å². The minimum Gasteiger partial charge on any atom is -0.465 e. The summed E-state index contributed by atoms with van der Waals surface area (Å²) < 4.78 is 5.14. The van der Waals surface area contributed by atoms with Gasteiger partial charge in [0.15, 0.2) is 0 Å². The lowest BCUT2D eigenvalue weighted by Gasteiger charge is -2.21. The highest BCUT2D eigenvalue weighted by molar-refractivity contribution is 7.09. The van der Waals surface area contributed by atoms with Crippen LogP contribution in [0.4, 0.5) is 0 Å². The number of esters is 1. The van der Waals surface area contributed by atoms with E-state index in [1.165, 1.54) is 37.1 Å². The highest BCUT2D eigenvalue weighted by atomic mass is 32.1. The molecular weight excluding hydrogens is 258 g/mol. The van der Waals surface area contributed by atoms with Gasteiger partial charge in [-0.05, 0) is 33.6 Å². The van der Waals surface area contributed by atoms with Crippen LogP contribution < -0.4 is 0 Å². The molecule has 0 spiro atoms. The molecule has 1 heterocycles. The zero-order valence-corrected chi connectivity index (χ0v) is 12.9. The maximum atomic E-state index is 12.0. The summed E-state index contributed by atoms with van der Waals surface area (Å²) in [7, 11) is 0. The lowest BCUT2D eigenvalue weighted by molar-refractivity contribution is -0.148. The van der Waals surface area contributed by atoms with E-state index in [9.17, 15) is 4.79 Å². The maximum Gasteiger partial charge on any atom is 0.317 e. The summed E-state index contributed by atoms with van der Waals surface area (Å²) in [5, 5.41) is 3.23. The van der Waals surface area contributed by atoms with E-state index >= 15 is 0 Å². The normalized spacial score (nSPS) is 17.4. The van der Waals surface area contributed by atoms with Gasteiger partial charge in [-0.25, -0.2) is 4.98 Å². The number of hydrogen-bond donors (Lipinski definition) is 0. The molecule has 1 aromatic rings.